The second kappa shape index (κ2) is 9.36. The molecule has 0 aliphatic heterocycles. The molecule has 2 rings (SSSR count). The second-order valence-corrected chi connectivity index (χ2v) is 7.09. The number of benzene rings is 2. The van der Waals surface area contributed by atoms with Gasteiger partial charge in [0, 0.05) is 13.6 Å². The fourth-order valence-electron chi connectivity index (χ4n) is 3.31. The number of hydrogen-bond acceptors (Lipinski definition) is 2. The first-order valence-electron chi connectivity index (χ1n) is 9.49. The fraction of sp³-hybridized carbons (Fsp3) is 0.391. The van der Waals surface area contributed by atoms with E-state index in [-0.39, 0.29) is 11.8 Å². The third kappa shape index (κ3) is 5.19. The van der Waals surface area contributed by atoms with Gasteiger partial charge >= 0.3 is 0 Å². The Kier molecular flexibility index (Phi) is 7.17. The van der Waals surface area contributed by atoms with E-state index >= 15 is 0 Å². The highest BCUT2D eigenvalue weighted by molar-refractivity contribution is 5.88. The van der Waals surface area contributed by atoms with Crippen molar-refractivity contribution in [2.45, 2.75) is 53.1 Å². The van der Waals surface area contributed by atoms with Gasteiger partial charge in [-0.15, -0.1) is 0 Å². The lowest BCUT2D eigenvalue weighted by atomic mass is 10.0. The number of aryl methyl sites for hydroxylation is 3. The normalized spacial score (nSPS) is 11.7. The van der Waals surface area contributed by atoms with Crippen LogP contribution < -0.4 is 5.32 Å². The summed E-state index contributed by atoms with van der Waals surface area (Å²) >= 11 is 0. The minimum absolute atomic E-state index is 0.0256. The molecule has 0 saturated carbocycles. The Morgan fingerprint density at radius 2 is 1.67 bits per heavy atom. The minimum atomic E-state index is -0.479. The lowest BCUT2D eigenvalue weighted by Gasteiger charge is -2.31. The predicted octanol–water partition coefficient (Wildman–Crippen LogP) is 3.71. The molecule has 2 aromatic rings. The summed E-state index contributed by atoms with van der Waals surface area (Å²) in [5.74, 6) is -0.150. The van der Waals surface area contributed by atoms with E-state index in [1.807, 2.05) is 64.1 Å². The molecular formula is C23H30N2O2. The molecule has 0 bridgehead atoms. The van der Waals surface area contributed by atoms with Crippen LogP contribution in [0.5, 0.6) is 0 Å². The van der Waals surface area contributed by atoms with Gasteiger partial charge in [0.25, 0.3) is 0 Å². The van der Waals surface area contributed by atoms with E-state index in [4.69, 9.17) is 0 Å². The van der Waals surface area contributed by atoms with Crippen LogP contribution in [0.2, 0.25) is 0 Å². The zero-order valence-corrected chi connectivity index (χ0v) is 17.0. The standard InChI is InChI=1S/C23H30N2O2/c1-6-21(23(27)24-5)25(15-19-10-8-7-9-17(19)3)22(26)14-20-13-16(2)11-12-18(20)4/h7-13,21H,6,14-15H2,1-5H3,(H,24,27). The molecule has 4 heteroatoms. The summed E-state index contributed by atoms with van der Waals surface area (Å²) < 4.78 is 0. The highest BCUT2D eigenvalue weighted by Crippen LogP contribution is 2.18. The maximum absolute atomic E-state index is 13.3. The van der Waals surface area contributed by atoms with Crippen molar-refractivity contribution in [2.24, 2.45) is 0 Å². The summed E-state index contributed by atoms with van der Waals surface area (Å²) in [4.78, 5) is 27.4. The smallest absolute Gasteiger partial charge is 0.242 e. The van der Waals surface area contributed by atoms with Crippen molar-refractivity contribution < 1.29 is 9.59 Å². The largest absolute Gasteiger partial charge is 0.357 e. The number of nitrogens with zero attached hydrogens (tertiary/aromatic N) is 1. The highest BCUT2D eigenvalue weighted by atomic mass is 16.2. The Hall–Kier alpha value is -2.62. The van der Waals surface area contributed by atoms with Gasteiger partial charge < -0.3 is 10.2 Å². The summed E-state index contributed by atoms with van der Waals surface area (Å²) in [6.45, 7) is 8.45. The molecule has 1 N–H and O–H groups in total. The topological polar surface area (TPSA) is 49.4 Å². The summed E-state index contributed by atoms with van der Waals surface area (Å²) in [6, 6.07) is 13.7. The summed E-state index contributed by atoms with van der Waals surface area (Å²) in [7, 11) is 1.62. The second-order valence-electron chi connectivity index (χ2n) is 7.09. The summed E-state index contributed by atoms with van der Waals surface area (Å²) in [6.07, 6.45) is 0.872. The number of carbonyl (C=O) groups is 2. The van der Waals surface area contributed by atoms with E-state index in [1.165, 1.54) is 0 Å². The molecule has 1 atom stereocenters. The van der Waals surface area contributed by atoms with Crippen molar-refractivity contribution in [2.75, 3.05) is 7.05 Å². The van der Waals surface area contributed by atoms with Crippen LogP contribution in [-0.2, 0) is 22.6 Å². The van der Waals surface area contributed by atoms with Gasteiger partial charge in [0.2, 0.25) is 11.8 Å². The molecule has 4 nitrogen and oxygen atoms in total. The van der Waals surface area contributed by atoms with Crippen LogP contribution in [0.4, 0.5) is 0 Å². The van der Waals surface area contributed by atoms with Crippen LogP contribution in [0, 0.1) is 20.8 Å². The molecule has 0 aliphatic rings. The lowest BCUT2D eigenvalue weighted by Crippen LogP contribution is -2.48. The first-order chi connectivity index (χ1) is 12.9. The molecule has 0 aromatic heterocycles. The van der Waals surface area contributed by atoms with Gasteiger partial charge in [-0.3, -0.25) is 9.59 Å². The van der Waals surface area contributed by atoms with E-state index in [1.54, 1.807) is 11.9 Å². The zero-order valence-electron chi connectivity index (χ0n) is 17.0. The molecule has 0 aliphatic carbocycles. The third-order valence-corrected chi connectivity index (χ3v) is 5.08. The zero-order chi connectivity index (χ0) is 20.0. The maximum atomic E-state index is 13.3. The van der Waals surface area contributed by atoms with E-state index in [0.717, 1.165) is 27.8 Å². The number of hydrogen-bond donors (Lipinski definition) is 1. The lowest BCUT2D eigenvalue weighted by molar-refractivity contribution is -0.140. The average molecular weight is 367 g/mol. The molecule has 144 valence electrons. The fourth-order valence-corrected chi connectivity index (χ4v) is 3.31. The number of amides is 2. The van der Waals surface area contributed by atoms with E-state index in [0.29, 0.717) is 19.4 Å². The maximum Gasteiger partial charge on any atom is 0.242 e. The summed E-state index contributed by atoms with van der Waals surface area (Å²) in [5, 5.41) is 2.70. The quantitative estimate of drug-likeness (QED) is 0.812. The molecule has 0 radical (unpaired) electrons. The van der Waals surface area contributed by atoms with E-state index in [9.17, 15) is 9.59 Å². The monoisotopic (exact) mass is 366 g/mol. The van der Waals surface area contributed by atoms with Gasteiger partial charge in [-0.2, -0.15) is 0 Å². The van der Waals surface area contributed by atoms with Crippen LogP contribution in [0.25, 0.3) is 0 Å². The van der Waals surface area contributed by atoms with Crippen molar-refractivity contribution >= 4 is 11.8 Å². The minimum Gasteiger partial charge on any atom is -0.357 e. The van der Waals surface area contributed by atoms with E-state index < -0.39 is 6.04 Å². The van der Waals surface area contributed by atoms with Gasteiger partial charge in [-0.25, -0.2) is 0 Å². The van der Waals surface area contributed by atoms with Gasteiger partial charge in [0.15, 0.2) is 0 Å². The SMILES string of the molecule is CCC(C(=O)NC)N(Cc1ccccc1C)C(=O)Cc1cc(C)ccc1C. The average Bonchev–Trinajstić information content (AvgIpc) is 2.65. The van der Waals surface area contributed by atoms with Crippen LogP contribution in [0.1, 0.15) is 41.2 Å². The van der Waals surface area contributed by atoms with Crippen molar-refractivity contribution in [3.05, 3.63) is 70.3 Å². The first kappa shape index (κ1) is 20.7. The van der Waals surface area contributed by atoms with Crippen molar-refractivity contribution in [1.29, 1.82) is 0 Å². The number of carbonyl (C=O) groups excluding carboxylic acids is 2. The van der Waals surface area contributed by atoms with Crippen LogP contribution in [0.15, 0.2) is 42.5 Å². The molecule has 27 heavy (non-hydrogen) atoms. The Morgan fingerprint density at radius 1 is 1.00 bits per heavy atom. The van der Waals surface area contributed by atoms with Gasteiger partial charge in [0.05, 0.1) is 6.42 Å². The van der Waals surface area contributed by atoms with Crippen molar-refractivity contribution in [3.63, 3.8) is 0 Å². The first-order valence-corrected chi connectivity index (χ1v) is 9.49. The van der Waals surface area contributed by atoms with Crippen LogP contribution in [0.3, 0.4) is 0 Å². The molecule has 1 unspecified atom stereocenters. The van der Waals surface area contributed by atoms with Gasteiger partial charge in [-0.1, -0.05) is 55.0 Å². The number of nitrogens with one attached hydrogen (secondary N) is 1. The molecule has 0 fully saturated rings. The molecule has 2 amide bonds. The Morgan fingerprint density at radius 3 is 2.30 bits per heavy atom. The van der Waals surface area contributed by atoms with E-state index in [2.05, 4.69) is 11.4 Å². The molecule has 0 heterocycles. The summed E-state index contributed by atoms with van der Waals surface area (Å²) in [5.41, 5.74) is 5.43. The Balaban J connectivity index is 2.35. The molecule has 0 spiro atoms. The number of likely N-dealkylation sites (N-methyl/N-ethyl adjacent to an activating group) is 1. The van der Waals surface area contributed by atoms with Gasteiger partial charge in [-0.05, 0) is 49.4 Å². The Bertz CT molecular complexity index is 814. The predicted molar refractivity (Wildman–Crippen MR) is 109 cm³/mol. The van der Waals surface area contributed by atoms with Crippen LogP contribution in [-0.4, -0.2) is 29.8 Å². The molecular weight excluding hydrogens is 336 g/mol. The van der Waals surface area contributed by atoms with Crippen LogP contribution >= 0.6 is 0 Å². The van der Waals surface area contributed by atoms with Crippen molar-refractivity contribution in [1.82, 2.24) is 10.2 Å². The number of rotatable bonds is 7. The Labute approximate surface area is 162 Å². The molecule has 0 saturated heterocycles. The van der Waals surface area contributed by atoms with Crippen molar-refractivity contribution in [3.8, 4) is 0 Å². The third-order valence-electron chi connectivity index (χ3n) is 5.08. The molecule has 2 aromatic carbocycles. The highest BCUT2D eigenvalue weighted by Gasteiger charge is 2.28. The van der Waals surface area contributed by atoms with Gasteiger partial charge in [0.1, 0.15) is 6.04 Å².